The first kappa shape index (κ1) is 18.3. The van der Waals surface area contributed by atoms with Gasteiger partial charge in [0.25, 0.3) is 5.91 Å². The van der Waals surface area contributed by atoms with Crippen LogP contribution in [0, 0.1) is 0 Å². The highest BCUT2D eigenvalue weighted by Crippen LogP contribution is 2.15. The number of hydrogen-bond donors (Lipinski definition) is 1. The average molecular weight is 399 g/mol. The van der Waals surface area contributed by atoms with Crippen LogP contribution >= 0.6 is 15.9 Å². The molecule has 2 rings (SSSR count). The van der Waals surface area contributed by atoms with Crippen molar-refractivity contribution < 1.29 is 23.5 Å². The first-order chi connectivity index (χ1) is 11.5. The van der Waals surface area contributed by atoms with Crippen LogP contribution in [0.4, 0.5) is 0 Å². The molecule has 7 nitrogen and oxygen atoms in total. The number of nitrogens with zero attached hydrogens (tertiary/aromatic N) is 1. The van der Waals surface area contributed by atoms with E-state index in [4.69, 9.17) is 9.15 Å². The zero-order valence-electron chi connectivity index (χ0n) is 13.1. The molecule has 0 spiro atoms. The Labute approximate surface area is 148 Å². The van der Waals surface area contributed by atoms with Crippen molar-refractivity contribution in [3.63, 3.8) is 0 Å². The summed E-state index contributed by atoms with van der Waals surface area (Å²) in [6.45, 7) is 1.54. The van der Waals surface area contributed by atoms with E-state index >= 15 is 0 Å². The Morgan fingerprint density at radius 3 is 2.92 bits per heavy atom. The molecule has 0 atom stereocenters. The van der Waals surface area contributed by atoms with Crippen molar-refractivity contribution in [1.29, 1.82) is 0 Å². The molecule has 1 aliphatic heterocycles. The van der Waals surface area contributed by atoms with Gasteiger partial charge in [0.2, 0.25) is 5.91 Å². The monoisotopic (exact) mass is 398 g/mol. The van der Waals surface area contributed by atoms with E-state index in [-0.39, 0.29) is 18.4 Å². The van der Waals surface area contributed by atoms with Crippen molar-refractivity contribution in [3.05, 3.63) is 28.6 Å². The van der Waals surface area contributed by atoms with Crippen LogP contribution in [0.3, 0.4) is 0 Å². The second-order valence-electron chi connectivity index (χ2n) is 5.27. The first-order valence-electron chi connectivity index (χ1n) is 7.69. The molecular formula is C16H19BrN2O5. The SMILES string of the molecule is O=C(COC(=O)C=Cc1ccc(Br)o1)NCCCN1CCCC1=O. The lowest BCUT2D eigenvalue weighted by atomic mass is 10.4. The number of esters is 1. The number of rotatable bonds is 8. The molecule has 2 heterocycles. The zero-order chi connectivity index (χ0) is 17.4. The largest absolute Gasteiger partial charge is 0.452 e. The Hall–Kier alpha value is -2.09. The lowest BCUT2D eigenvalue weighted by molar-refractivity contribution is -0.143. The Kier molecular flexibility index (Phi) is 7.05. The number of hydrogen-bond acceptors (Lipinski definition) is 5. The minimum Gasteiger partial charge on any atom is -0.452 e. The summed E-state index contributed by atoms with van der Waals surface area (Å²) in [4.78, 5) is 36.3. The summed E-state index contributed by atoms with van der Waals surface area (Å²) in [5.74, 6) is -0.323. The molecular weight excluding hydrogens is 380 g/mol. The van der Waals surface area contributed by atoms with Gasteiger partial charge in [0.15, 0.2) is 11.3 Å². The van der Waals surface area contributed by atoms with E-state index in [1.165, 1.54) is 12.2 Å². The van der Waals surface area contributed by atoms with E-state index in [0.29, 0.717) is 36.4 Å². The normalized spacial score (nSPS) is 14.4. The number of amides is 2. The second-order valence-corrected chi connectivity index (χ2v) is 6.05. The van der Waals surface area contributed by atoms with E-state index in [1.54, 1.807) is 17.0 Å². The molecule has 1 aliphatic rings. The highest BCUT2D eigenvalue weighted by molar-refractivity contribution is 9.10. The maximum absolute atomic E-state index is 11.6. The molecule has 0 radical (unpaired) electrons. The van der Waals surface area contributed by atoms with Crippen LogP contribution in [0.1, 0.15) is 25.0 Å². The second kappa shape index (κ2) is 9.27. The molecule has 8 heteroatoms. The van der Waals surface area contributed by atoms with Crippen molar-refractivity contribution >= 4 is 39.8 Å². The van der Waals surface area contributed by atoms with Gasteiger partial charge in [0.05, 0.1) is 0 Å². The first-order valence-corrected chi connectivity index (χ1v) is 8.48. The predicted molar refractivity (Wildman–Crippen MR) is 89.8 cm³/mol. The van der Waals surface area contributed by atoms with Crippen molar-refractivity contribution in [2.75, 3.05) is 26.2 Å². The Morgan fingerprint density at radius 1 is 1.42 bits per heavy atom. The van der Waals surface area contributed by atoms with Gasteiger partial charge in [-0.15, -0.1) is 0 Å². The summed E-state index contributed by atoms with van der Waals surface area (Å²) in [6.07, 6.45) is 4.85. The van der Waals surface area contributed by atoms with Crippen LogP contribution in [0.5, 0.6) is 0 Å². The summed E-state index contributed by atoms with van der Waals surface area (Å²) in [7, 11) is 0. The molecule has 2 amide bonds. The van der Waals surface area contributed by atoms with Crippen LogP contribution < -0.4 is 5.32 Å². The van der Waals surface area contributed by atoms with Crippen molar-refractivity contribution in [2.24, 2.45) is 0 Å². The van der Waals surface area contributed by atoms with Gasteiger partial charge < -0.3 is 19.4 Å². The number of furan rings is 1. The van der Waals surface area contributed by atoms with Gasteiger partial charge in [-0.1, -0.05) is 0 Å². The minimum absolute atomic E-state index is 0.172. The van der Waals surface area contributed by atoms with Gasteiger partial charge in [0.1, 0.15) is 5.76 Å². The summed E-state index contributed by atoms with van der Waals surface area (Å²) in [5.41, 5.74) is 0. The minimum atomic E-state index is -0.625. The van der Waals surface area contributed by atoms with E-state index in [1.807, 2.05) is 0 Å². The van der Waals surface area contributed by atoms with Gasteiger partial charge in [-0.05, 0) is 47.0 Å². The summed E-state index contributed by atoms with van der Waals surface area (Å²) in [6, 6.07) is 3.39. The van der Waals surface area contributed by atoms with Crippen LogP contribution in [0.15, 0.2) is 27.3 Å². The molecule has 0 aliphatic carbocycles. The summed E-state index contributed by atoms with van der Waals surface area (Å²) in [5, 5.41) is 2.65. The fourth-order valence-electron chi connectivity index (χ4n) is 2.24. The van der Waals surface area contributed by atoms with E-state index in [0.717, 1.165) is 13.0 Å². The quantitative estimate of drug-likeness (QED) is 0.409. The van der Waals surface area contributed by atoms with Gasteiger partial charge in [0, 0.05) is 32.1 Å². The van der Waals surface area contributed by atoms with Gasteiger partial charge in [-0.3, -0.25) is 9.59 Å². The zero-order valence-corrected chi connectivity index (χ0v) is 14.7. The fourth-order valence-corrected chi connectivity index (χ4v) is 2.56. The molecule has 0 unspecified atom stereocenters. The standard InChI is InChI=1S/C16H19BrN2O5/c17-13-6-4-12(24-13)5-7-16(22)23-11-14(20)18-8-2-10-19-9-1-3-15(19)21/h4-7H,1-3,8-11H2,(H,18,20). The maximum Gasteiger partial charge on any atom is 0.331 e. The van der Waals surface area contributed by atoms with Crippen LogP contribution in [-0.4, -0.2) is 48.9 Å². The third kappa shape index (κ3) is 6.19. The Morgan fingerprint density at radius 2 is 2.25 bits per heavy atom. The average Bonchev–Trinajstić information content (AvgIpc) is 3.16. The molecule has 1 N–H and O–H groups in total. The number of likely N-dealkylation sites (tertiary alicyclic amines) is 1. The van der Waals surface area contributed by atoms with Gasteiger partial charge >= 0.3 is 5.97 Å². The lowest BCUT2D eigenvalue weighted by Gasteiger charge is -2.15. The smallest absolute Gasteiger partial charge is 0.331 e. The molecule has 1 saturated heterocycles. The van der Waals surface area contributed by atoms with Crippen molar-refractivity contribution in [2.45, 2.75) is 19.3 Å². The van der Waals surface area contributed by atoms with Crippen molar-refractivity contribution in [3.8, 4) is 0 Å². The highest BCUT2D eigenvalue weighted by atomic mass is 79.9. The number of ether oxygens (including phenoxy) is 1. The highest BCUT2D eigenvalue weighted by Gasteiger charge is 2.19. The third-order valence-corrected chi connectivity index (χ3v) is 3.85. The van der Waals surface area contributed by atoms with Crippen LogP contribution in [0.2, 0.25) is 0 Å². The lowest BCUT2D eigenvalue weighted by Crippen LogP contribution is -2.32. The molecule has 1 aromatic rings. The maximum atomic E-state index is 11.6. The fraction of sp³-hybridized carbons (Fsp3) is 0.438. The number of carbonyl (C=O) groups excluding carboxylic acids is 3. The van der Waals surface area contributed by atoms with E-state index < -0.39 is 5.97 Å². The predicted octanol–water partition coefficient (Wildman–Crippen LogP) is 1.73. The van der Waals surface area contributed by atoms with Crippen LogP contribution in [-0.2, 0) is 19.1 Å². The molecule has 0 aromatic carbocycles. The van der Waals surface area contributed by atoms with E-state index in [2.05, 4.69) is 21.2 Å². The molecule has 24 heavy (non-hydrogen) atoms. The number of halogens is 1. The van der Waals surface area contributed by atoms with Crippen molar-refractivity contribution in [1.82, 2.24) is 10.2 Å². The van der Waals surface area contributed by atoms with E-state index in [9.17, 15) is 14.4 Å². The Balaban J connectivity index is 1.56. The summed E-state index contributed by atoms with van der Waals surface area (Å²) < 4.78 is 10.6. The number of nitrogens with one attached hydrogen (secondary N) is 1. The Bertz CT molecular complexity index is 626. The number of carbonyl (C=O) groups is 3. The molecule has 0 saturated carbocycles. The van der Waals surface area contributed by atoms with Crippen LogP contribution in [0.25, 0.3) is 6.08 Å². The topological polar surface area (TPSA) is 88.8 Å². The molecule has 0 bridgehead atoms. The van der Waals surface area contributed by atoms with Gasteiger partial charge in [-0.25, -0.2) is 4.79 Å². The molecule has 1 aromatic heterocycles. The molecule has 1 fully saturated rings. The third-order valence-electron chi connectivity index (χ3n) is 3.42. The van der Waals surface area contributed by atoms with Gasteiger partial charge in [-0.2, -0.15) is 0 Å². The molecule has 130 valence electrons. The summed E-state index contributed by atoms with van der Waals surface area (Å²) >= 11 is 3.15.